The Labute approximate surface area is 100 Å². The van der Waals surface area contributed by atoms with Crippen LogP contribution in [0.3, 0.4) is 0 Å². The first-order valence-electron chi connectivity index (χ1n) is 6.78. The van der Waals surface area contributed by atoms with Gasteiger partial charge in [0.05, 0.1) is 0 Å². The molecule has 1 aliphatic heterocycles. The van der Waals surface area contributed by atoms with Gasteiger partial charge in [0.2, 0.25) is 0 Å². The monoisotopic (exact) mass is 228 g/mol. The van der Waals surface area contributed by atoms with Gasteiger partial charge >= 0.3 is 0 Å². The van der Waals surface area contributed by atoms with Crippen LogP contribution in [0.2, 0.25) is 0 Å². The van der Waals surface area contributed by atoms with Crippen LogP contribution < -0.4 is 5.32 Å². The molecule has 1 saturated heterocycles. The van der Waals surface area contributed by atoms with Crippen molar-refractivity contribution in [3.8, 4) is 0 Å². The van der Waals surface area contributed by atoms with Crippen LogP contribution in [0.5, 0.6) is 0 Å². The molecule has 1 rings (SSSR count). The Hall–Kier alpha value is -0.120. The predicted octanol–water partition coefficient (Wildman–Crippen LogP) is 1.47. The molecule has 96 valence electrons. The van der Waals surface area contributed by atoms with Crippen molar-refractivity contribution in [3.05, 3.63) is 0 Å². The van der Waals surface area contributed by atoms with Crippen molar-refractivity contribution in [1.29, 1.82) is 0 Å². The zero-order valence-corrected chi connectivity index (χ0v) is 10.9. The van der Waals surface area contributed by atoms with Crippen LogP contribution in [0.15, 0.2) is 0 Å². The van der Waals surface area contributed by atoms with E-state index < -0.39 is 0 Å². The van der Waals surface area contributed by atoms with E-state index >= 15 is 0 Å². The molecule has 1 aliphatic rings. The second-order valence-corrected chi connectivity index (χ2v) is 5.04. The predicted molar refractivity (Wildman–Crippen MR) is 68.6 cm³/mol. The Balaban J connectivity index is 2.07. The van der Waals surface area contributed by atoms with Crippen LogP contribution in [-0.2, 0) is 0 Å². The van der Waals surface area contributed by atoms with Gasteiger partial charge in [0.15, 0.2) is 0 Å². The van der Waals surface area contributed by atoms with Gasteiger partial charge in [0.25, 0.3) is 0 Å². The van der Waals surface area contributed by atoms with Gasteiger partial charge in [-0.25, -0.2) is 0 Å². The minimum atomic E-state index is 0.349. The first kappa shape index (κ1) is 13.9. The molecule has 2 N–H and O–H groups in total. The summed E-state index contributed by atoms with van der Waals surface area (Å²) >= 11 is 0. The quantitative estimate of drug-likeness (QED) is 0.648. The average molecular weight is 228 g/mol. The van der Waals surface area contributed by atoms with Gasteiger partial charge < -0.3 is 15.3 Å². The van der Waals surface area contributed by atoms with Crippen molar-refractivity contribution in [2.75, 3.05) is 33.3 Å². The molecule has 3 nitrogen and oxygen atoms in total. The molecule has 1 heterocycles. The van der Waals surface area contributed by atoms with Crippen LogP contribution in [0.25, 0.3) is 0 Å². The molecule has 0 aromatic carbocycles. The lowest BCUT2D eigenvalue weighted by molar-refractivity contribution is 0.161. The number of nitrogens with one attached hydrogen (secondary N) is 1. The summed E-state index contributed by atoms with van der Waals surface area (Å²) in [5.41, 5.74) is 0. The maximum Gasteiger partial charge on any atom is 0.0431 e. The molecule has 0 bridgehead atoms. The molecular weight excluding hydrogens is 200 g/mol. The summed E-state index contributed by atoms with van der Waals surface area (Å²) in [5, 5.41) is 12.1. The summed E-state index contributed by atoms with van der Waals surface area (Å²) in [6.45, 7) is 6.38. The molecule has 1 atom stereocenters. The lowest BCUT2D eigenvalue weighted by Gasteiger charge is -2.34. The zero-order chi connectivity index (χ0) is 11.8. The van der Waals surface area contributed by atoms with Crippen molar-refractivity contribution < 1.29 is 5.11 Å². The van der Waals surface area contributed by atoms with E-state index in [2.05, 4.69) is 24.2 Å². The van der Waals surface area contributed by atoms with E-state index in [9.17, 15) is 0 Å². The van der Waals surface area contributed by atoms with E-state index in [1.807, 2.05) is 0 Å². The number of nitrogens with zero attached hydrogens (tertiary/aromatic N) is 1. The van der Waals surface area contributed by atoms with Crippen LogP contribution in [0.1, 0.15) is 39.0 Å². The minimum absolute atomic E-state index is 0.349. The maximum absolute atomic E-state index is 8.71. The van der Waals surface area contributed by atoms with Crippen LogP contribution >= 0.6 is 0 Å². The number of hydrogen-bond acceptors (Lipinski definition) is 3. The van der Waals surface area contributed by atoms with Crippen molar-refractivity contribution in [2.45, 2.75) is 45.1 Å². The van der Waals surface area contributed by atoms with Gasteiger partial charge in [0, 0.05) is 12.6 Å². The molecule has 0 spiro atoms. The summed E-state index contributed by atoms with van der Waals surface area (Å²) in [6, 6.07) is 0.663. The molecule has 3 heteroatoms. The second-order valence-electron chi connectivity index (χ2n) is 5.04. The Bertz CT molecular complexity index is 167. The van der Waals surface area contributed by atoms with E-state index in [4.69, 9.17) is 5.11 Å². The maximum atomic E-state index is 8.71. The third-order valence-electron chi connectivity index (χ3n) is 3.93. The van der Waals surface area contributed by atoms with Crippen LogP contribution in [-0.4, -0.2) is 49.3 Å². The zero-order valence-electron chi connectivity index (χ0n) is 10.9. The van der Waals surface area contributed by atoms with Gasteiger partial charge in [-0.1, -0.05) is 0 Å². The molecule has 1 fully saturated rings. The third kappa shape index (κ3) is 4.81. The number of aliphatic hydroxyl groups is 1. The Kier molecular flexibility index (Phi) is 7.01. The summed E-state index contributed by atoms with van der Waals surface area (Å²) in [6.07, 6.45) is 6.05. The van der Waals surface area contributed by atoms with Crippen molar-refractivity contribution >= 4 is 0 Å². The highest BCUT2D eigenvalue weighted by Crippen LogP contribution is 2.20. The van der Waals surface area contributed by atoms with E-state index in [0.717, 1.165) is 12.3 Å². The number of rotatable bonds is 7. The number of aliphatic hydroxyl groups excluding tert-OH is 1. The second kappa shape index (κ2) is 8.04. The molecule has 0 aromatic heterocycles. The van der Waals surface area contributed by atoms with E-state index in [-0.39, 0.29) is 0 Å². The Morgan fingerprint density at radius 1 is 1.25 bits per heavy atom. The standard InChI is InChI=1S/C13H28N2O/c1-12(14-2)13-6-9-15(10-7-13)8-4-3-5-11-16/h12-14,16H,3-11H2,1-2H3. The van der Waals surface area contributed by atoms with Crippen molar-refractivity contribution in [2.24, 2.45) is 5.92 Å². The van der Waals surface area contributed by atoms with Crippen LogP contribution in [0.4, 0.5) is 0 Å². The number of piperidine rings is 1. The number of unbranched alkanes of at least 4 members (excludes halogenated alkanes) is 2. The summed E-state index contributed by atoms with van der Waals surface area (Å²) in [4.78, 5) is 2.58. The molecule has 0 aliphatic carbocycles. The fraction of sp³-hybridized carbons (Fsp3) is 1.00. The first-order chi connectivity index (χ1) is 7.77. The SMILES string of the molecule is CNC(C)C1CCN(CCCCCO)CC1. The minimum Gasteiger partial charge on any atom is -0.396 e. The van der Waals surface area contributed by atoms with Gasteiger partial charge in [0.1, 0.15) is 0 Å². The van der Waals surface area contributed by atoms with E-state index in [1.54, 1.807) is 0 Å². The summed E-state index contributed by atoms with van der Waals surface area (Å²) in [5.74, 6) is 0.860. The fourth-order valence-electron chi connectivity index (χ4n) is 2.54. The summed E-state index contributed by atoms with van der Waals surface area (Å²) < 4.78 is 0. The normalized spacial score (nSPS) is 21.2. The number of likely N-dealkylation sites (tertiary alicyclic amines) is 1. The summed E-state index contributed by atoms with van der Waals surface area (Å²) in [7, 11) is 2.06. The van der Waals surface area contributed by atoms with Gasteiger partial charge in [-0.15, -0.1) is 0 Å². The molecule has 16 heavy (non-hydrogen) atoms. The van der Waals surface area contributed by atoms with Gasteiger partial charge in [-0.3, -0.25) is 0 Å². The average Bonchev–Trinajstić information content (AvgIpc) is 2.34. The van der Waals surface area contributed by atoms with Crippen molar-refractivity contribution in [1.82, 2.24) is 10.2 Å². The Morgan fingerprint density at radius 3 is 2.50 bits per heavy atom. The third-order valence-corrected chi connectivity index (χ3v) is 3.93. The van der Waals surface area contributed by atoms with Crippen LogP contribution in [0, 0.1) is 5.92 Å². The molecular formula is C13H28N2O. The lowest BCUT2D eigenvalue weighted by Crippen LogP contribution is -2.41. The molecule has 0 aromatic rings. The largest absolute Gasteiger partial charge is 0.396 e. The highest BCUT2D eigenvalue weighted by molar-refractivity contribution is 4.78. The van der Waals surface area contributed by atoms with E-state index in [1.165, 1.54) is 45.3 Å². The van der Waals surface area contributed by atoms with Gasteiger partial charge in [-0.2, -0.15) is 0 Å². The topological polar surface area (TPSA) is 35.5 Å². The fourth-order valence-corrected chi connectivity index (χ4v) is 2.54. The molecule has 0 radical (unpaired) electrons. The first-order valence-corrected chi connectivity index (χ1v) is 6.78. The molecule has 0 saturated carbocycles. The van der Waals surface area contributed by atoms with E-state index in [0.29, 0.717) is 12.6 Å². The lowest BCUT2D eigenvalue weighted by atomic mass is 9.90. The Morgan fingerprint density at radius 2 is 1.94 bits per heavy atom. The molecule has 1 unspecified atom stereocenters. The smallest absolute Gasteiger partial charge is 0.0431 e. The highest BCUT2D eigenvalue weighted by Gasteiger charge is 2.22. The van der Waals surface area contributed by atoms with Gasteiger partial charge in [-0.05, 0) is 71.6 Å². The highest BCUT2D eigenvalue weighted by atomic mass is 16.2. The number of hydrogen-bond donors (Lipinski definition) is 2. The van der Waals surface area contributed by atoms with Crippen molar-refractivity contribution in [3.63, 3.8) is 0 Å². The molecule has 0 amide bonds.